The van der Waals surface area contributed by atoms with Gasteiger partial charge >= 0.3 is 0 Å². The fourth-order valence-electron chi connectivity index (χ4n) is 1.89. The average Bonchev–Trinajstić information content (AvgIpc) is 2.80. The maximum absolute atomic E-state index is 13.2. The molecule has 2 aliphatic rings. The Balaban J connectivity index is 1.86. The van der Waals surface area contributed by atoms with Crippen LogP contribution >= 0.6 is 0 Å². The highest BCUT2D eigenvalue weighted by Gasteiger charge is 2.45. The molecule has 1 saturated carbocycles. The lowest BCUT2D eigenvalue weighted by Crippen LogP contribution is -2.45. The number of nitrogens with zero attached hydrogens (tertiary/aromatic N) is 1. The van der Waals surface area contributed by atoms with Gasteiger partial charge in [0.05, 0.1) is 6.04 Å². The summed E-state index contributed by atoms with van der Waals surface area (Å²) >= 11 is 0. The number of alkyl halides is 2. The summed E-state index contributed by atoms with van der Waals surface area (Å²) < 4.78 is 26.3. The maximum atomic E-state index is 13.2. The second-order valence-electron chi connectivity index (χ2n) is 4.19. The zero-order chi connectivity index (χ0) is 9.47. The van der Waals surface area contributed by atoms with E-state index in [0.717, 1.165) is 0 Å². The van der Waals surface area contributed by atoms with Crippen LogP contribution in [0.1, 0.15) is 19.3 Å². The van der Waals surface area contributed by atoms with Gasteiger partial charge in [0.25, 0.3) is 5.92 Å². The van der Waals surface area contributed by atoms with Gasteiger partial charge in [-0.25, -0.2) is 8.78 Å². The van der Waals surface area contributed by atoms with Gasteiger partial charge in [0, 0.05) is 25.6 Å². The number of halogens is 2. The second-order valence-corrected chi connectivity index (χ2v) is 4.19. The number of likely N-dealkylation sites (N-methyl/N-ethyl adjacent to an activating group) is 1. The average molecular weight is 190 g/mol. The Morgan fingerprint density at radius 3 is 2.62 bits per heavy atom. The molecule has 1 aliphatic heterocycles. The maximum Gasteiger partial charge on any atom is 0.265 e. The molecule has 13 heavy (non-hydrogen) atoms. The van der Waals surface area contributed by atoms with Crippen molar-refractivity contribution in [3.8, 4) is 0 Å². The van der Waals surface area contributed by atoms with Crippen LogP contribution in [0.4, 0.5) is 8.78 Å². The Hall–Kier alpha value is -0.220. The summed E-state index contributed by atoms with van der Waals surface area (Å²) in [6, 6.07) is -0.0590. The predicted molar refractivity (Wildman–Crippen MR) is 47.0 cm³/mol. The highest BCUT2D eigenvalue weighted by molar-refractivity contribution is 4.94. The quantitative estimate of drug-likeness (QED) is 0.716. The van der Waals surface area contributed by atoms with Crippen molar-refractivity contribution >= 4 is 0 Å². The predicted octanol–water partition coefficient (Wildman–Crippen LogP) is 1.08. The van der Waals surface area contributed by atoms with Gasteiger partial charge in [-0.15, -0.1) is 0 Å². The molecule has 2 nitrogen and oxygen atoms in total. The molecule has 0 aromatic rings. The molecule has 0 amide bonds. The van der Waals surface area contributed by atoms with Crippen molar-refractivity contribution in [2.75, 3.05) is 20.1 Å². The Bertz CT molecular complexity index is 192. The molecule has 0 aromatic carbocycles. The second kappa shape index (κ2) is 3.17. The third kappa shape index (κ3) is 1.99. The third-order valence-electron chi connectivity index (χ3n) is 3.00. The Morgan fingerprint density at radius 2 is 2.15 bits per heavy atom. The van der Waals surface area contributed by atoms with Crippen LogP contribution < -0.4 is 5.32 Å². The first-order valence-corrected chi connectivity index (χ1v) is 4.91. The van der Waals surface area contributed by atoms with E-state index in [2.05, 4.69) is 10.2 Å². The molecule has 1 unspecified atom stereocenters. The number of hydrogen-bond donors (Lipinski definition) is 1. The van der Waals surface area contributed by atoms with E-state index in [-0.39, 0.29) is 6.42 Å². The SMILES string of the molecule is CN(CC1NCCC1(F)F)C1CC1. The third-order valence-corrected chi connectivity index (χ3v) is 3.00. The van der Waals surface area contributed by atoms with E-state index in [4.69, 9.17) is 0 Å². The topological polar surface area (TPSA) is 15.3 Å². The minimum atomic E-state index is -2.50. The van der Waals surface area contributed by atoms with Gasteiger partial charge in [-0.3, -0.25) is 0 Å². The molecule has 2 rings (SSSR count). The summed E-state index contributed by atoms with van der Waals surface area (Å²) in [6.45, 7) is 0.938. The molecule has 1 saturated heterocycles. The van der Waals surface area contributed by atoms with Crippen LogP contribution in [0.3, 0.4) is 0 Å². The lowest BCUT2D eigenvalue weighted by Gasteiger charge is -2.24. The van der Waals surface area contributed by atoms with Gasteiger partial charge in [-0.1, -0.05) is 0 Å². The number of nitrogens with one attached hydrogen (secondary N) is 1. The van der Waals surface area contributed by atoms with Crippen molar-refractivity contribution in [3.05, 3.63) is 0 Å². The van der Waals surface area contributed by atoms with Crippen molar-refractivity contribution in [1.29, 1.82) is 0 Å². The number of hydrogen-bond acceptors (Lipinski definition) is 2. The van der Waals surface area contributed by atoms with Crippen LogP contribution in [-0.2, 0) is 0 Å². The fraction of sp³-hybridized carbons (Fsp3) is 1.00. The van der Waals surface area contributed by atoms with Crippen molar-refractivity contribution in [3.63, 3.8) is 0 Å². The molecule has 0 radical (unpaired) electrons. The van der Waals surface area contributed by atoms with E-state index in [1.807, 2.05) is 7.05 Å². The first kappa shape index (κ1) is 9.34. The molecule has 1 heterocycles. The van der Waals surface area contributed by atoms with Crippen LogP contribution in [0.2, 0.25) is 0 Å². The van der Waals surface area contributed by atoms with E-state index in [1.54, 1.807) is 0 Å². The highest BCUT2D eigenvalue weighted by atomic mass is 19.3. The van der Waals surface area contributed by atoms with E-state index in [0.29, 0.717) is 19.1 Å². The molecule has 4 heteroatoms. The molecule has 1 atom stereocenters. The van der Waals surface area contributed by atoms with Crippen molar-refractivity contribution in [1.82, 2.24) is 10.2 Å². The smallest absolute Gasteiger partial charge is 0.265 e. The Morgan fingerprint density at radius 1 is 1.46 bits per heavy atom. The zero-order valence-corrected chi connectivity index (χ0v) is 7.89. The summed E-state index contributed by atoms with van der Waals surface area (Å²) in [5, 5.41) is 2.87. The van der Waals surface area contributed by atoms with Gasteiger partial charge in [0.1, 0.15) is 0 Å². The molecule has 0 aromatic heterocycles. The first-order valence-electron chi connectivity index (χ1n) is 4.91. The van der Waals surface area contributed by atoms with E-state index in [9.17, 15) is 8.78 Å². The monoisotopic (exact) mass is 190 g/mol. The first-order chi connectivity index (χ1) is 6.09. The minimum Gasteiger partial charge on any atom is -0.307 e. The highest BCUT2D eigenvalue weighted by Crippen LogP contribution is 2.31. The van der Waals surface area contributed by atoms with Gasteiger partial charge in [-0.2, -0.15) is 0 Å². The largest absolute Gasteiger partial charge is 0.307 e. The summed E-state index contributed by atoms with van der Waals surface area (Å²) in [4.78, 5) is 2.05. The van der Waals surface area contributed by atoms with E-state index >= 15 is 0 Å². The van der Waals surface area contributed by atoms with Gasteiger partial charge in [0.2, 0.25) is 0 Å². The molecule has 0 spiro atoms. The molecule has 1 aliphatic carbocycles. The van der Waals surface area contributed by atoms with Crippen LogP contribution in [0.15, 0.2) is 0 Å². The van der Waals surface area contributed by atoms with Gasteiger partial charge in [0.15, 0.2) is 0 Å². The molecule has 1 N–H and O–H groups in total. The van der Waals surface area contributed by atoms with E-state index in [1.165, 1.54) is 12.8 Å². The lowest BCUT2D eigenvalue weighted by atomic mass is 10.1. The number of rotatable bonds is 3. The molecule has 2 fully saturated rings. The molecular weight excluding hydrogens is 174 g/mol. The van der Waals surface area contributed by atoms with Crippen LogP contribution in [0, 0.1) is 0 Å². The van der Waals surface area contributed by atoms with Gasteiger partial charge < -0.3 is 10.2 Å². The summed E-state index contributed by atoms with van der Waals surface area (Å²) in [7, 11) is 1.94. The fourth-order valence-corrected chi connectivity index (χ4v) is 1.89. The lowest BCUT2D eigenvalue weighted by molar-refractivity contribution is -0.0192. The standard InChI is InChI=1S/C9H16F2N2/c1-13(7-2-3-7)6-8-9(10,11)4-5-12-8/h7-8,12H,2-6H2,1H3. The van der Waals surface area contributed by atoms with Crippen molar-refractivity contribution in [2.24, 2.45) is 0 Å². The van der Waals surface area contributed by atoms with Crippen LogP contribution in [-0.4, -0.2) is 43.0 Å². The van der Waals surface area contributed by atoms with Crippen molar-refractivity contribution < 1.29 is 8.78 Å². The summed E-state index contributed by atoms with van der Waals surface area (Å²) in [5.74, 6) is -2.50. The van der Waals surface area contributed by atoms with Crippen LogP contribution in [0.5, 0.6) is 0 Å². The van der Waals surface area contributed by atoms with Crippen LogP contribution in [0.25, 0.3) is 0 Å². The summed E-state index contributed by atoms with van der Waals surface area (Å²) in [6.07, 6.45) is 2.35. The zero-order valence-electron chi connectivity index (χ0n) is 7.89. The minimum absolute atomic E-state index is 0.00380. The molecule has 76 valence electrons. The van der Waals surface area contributed by atoms with E-state index < -0.39 is 12.0 Å². The van der Waals surface area contributed by atoms with Gasteiger partial charge in [-0.05, 0) is 19.9 Å². The van der Waals surface area contributed by atoms with Crippen molar-refractivity contribution in [2.45, 2.75) is 37.3 Å². The Kier molecular flexibility index (Phi) is 2.28. The molecule has 0 bridgehead atoms. The normalized spacial score (nSPS) is 32.8. The summed E-state index contributed by atoms with van der Waals surface area (Å²) in [5.41, 5.74) is 0. The molecular formula is C9H16F2N2. The Labute approximate surface area is 77.3 Å².